The smallest absolute Gasteiger partial charge is 0.243 e. The van der Waals surface area contributed by atoms with E-state index in [9.17, 15) is 13.2 Å². The van der Waals surface area contributed by atoms with Gasteiger partial charge in [-0.3, -0.25) is 4.79 Å². The van der Waals surface area contributed by atoms with Crippen LogP contribution in [0.3, 0.4) is 0 Å². The lowest BCUT2D eigenvalue weighted by Gasteiger charge is -2.19. The van der Waals surface area contributed by atoms with Crippen molar-refractivity contribution in [2.75, 3.05) is 19.7 Å². The predicted molar refractivity (Wildman–Crippen MR) is 85.6 cm³/mol. The van der Waals surface area contributed by atoms with Crippen LogP contribution in [0.1, 0.15) is 26.3 Å². The molecule has 0 radical (unpaired) electrons. The predicted octanol–water partition coefficient (Wildman–Crippen LogP) is 1.10. The fraction of sp³-hybridized carbons (Fsp3) is 0.562. The Bertz CT molecular complexity index is 757. The Morgan fingerprint density at radius 3 is 2.65 bits per heavy atom. The summed E-state index contributed by atoms with van der Waals surface area (Å²) in [5.74, 6) is -0.215. The molecule has 6 nitrogen and oxygen atoms in total. The summed E-state index contributed by atoms with van der Waals surface area (Å²) >= 11 is 0. The second-order valence-electron chi connectivity index (χ2n) is 7.14. The maximum atomic E-state index is 12.9. The summed E-state index contributed by atoms with van der Waals surface area (Å²) in [6.45, 7) is 6.90. The lowest BCUT2D eigenvalue weighted by atomic mass is 9.87. The van der Waals surface area contributed by atoms with E-state index in [-0.39, 0.29) is 22.8 Å². The Morgan fingerprint density at radius 2 is 2.04 bits per heavy atom. The zero-order valence-electron chi connectivity index (χ0n) is 13.6. The molecule has 0 saturated carbocycles. The quantitative estimate of drug-likeness (QED) is 0.893. The number of hydrogen-bond acceptors (Lipinski definition) is 4. The first kappa shape index (κ1) is 16.3. The fourth-order valence-electron chi connectivity index (χ4n) is 3.30. The highest BCUT2D eigenvalue weighted by molar-refractivity contribution is 7.89. The molecule has 1 aromatic rings. The van der Waals surface area contributed by atoms with Crippen molar-refractivity contribution in [1.29, 1.82) is 0 Å². The third kappa shape index (κ3) is 2.61. The topological polar surface area (TPSA) is 89.7 Å². The molecule has 2 unspecified atom stereocenters. The molecule has 0 aromatic heterocycles. The van der Waals surface area contributed by atoms with Gasteiger partial charge in [0.2, 0.25) is 15.9 Å². The number of rotatable bonds is 3. The summed E-state index contributed by atoms with van der Waals surface area (Å²) in [4.78, 5) is 11.7. The molecule has 1 fully saturated rings. The number of sulfonamides is 1. The molecule has 2 heterocycles. The van der Waals surface area contributed by atoms with Crippen LogP contribution in [0, 0.1) is 11.8 Å². The van der Waals surface area contributed by atoms with Gasteiger partial charge in [0.1, 0.15) is 5.75 Å². The molecule has 1 saturated heterocycles. The van der Waals surface area contributed by atoms with Crippen molar-refractivity contribution >= 4 is 15.9 Å². The van der Waals surface area contributed by atoms with Crippen molar-refractivity contribution in [2.45, 2.75) is 31.1 Å². The summed E-state index contributed by atoms with van der Waals surface area (Å²) in [6.07, 6.45) is 0. The van der Waals surface area contributed by atoms with Gasteiger partial charge in [0.25, 0.3) is 0 Å². The van der Waals surface area contributed by atoms with E-state index in [1.54, 1.807) is 18.2 Å². The first-order valence-electron chi connectivity index (χ1n) is 7.70. The second kappa shape index (κ2) is 5.21. The molecular weight excluding hydrogens is 316 g/mol. The molecule has 0 bridgehead atoms. The molecule has 0 aliphatic carbocycles. The summed E-state index contributed by atoms with van der Waals surface area (Å²) < 4.78 is 32.7. The molecular formula is C16H22N2O4S. The molecule has 0 spiro atoms. The van der Waals surface area contributed by atoms with Crippen LogP contribution < -0.4 is 10.5 Å². The number of nitrogens with two attached hydrogens (primary N) is 1. The number of primary amides is 1. The number of ether oxygens (including phenoxy) is 1. The van der Waals surface area contributed by atoms with Gasteiger partial charge >= 0.3 is 0 Å². The number of amides is 1. The standard InChI is InChI=1S/C16H22N2O4S/c1-10-7-18(8-12(10)15(17)19)23(20,21)11-4-5-14-13(6-11)16(2,3)9-22-14/h4-6,10,12H,7-9H2,1-3H3,(H2,17,19). The Balaban J connectivity index is 1.94. The van der Waals surface area contributed by atoms with Crippen molar-refractivity contribution in [3.05, 3.63) is 23.8 Å². The van der Waals surface area contributed by atoms with Crippen molar-refractivity contribution in [3.63, 3.8) is 0 Å². The van der Waals surface area contributed by atoms with Crippen molar-refractivity contribution in [3.8, 4) is 5.75 Å². The number of carbonyl (C=O) groups is 1. The minimum atomic E-state index is -3.64. The van der Waals surface area contributed by atoms with Crippen LogP contribution in [0.5, 0.6) is 5.75 Å². The Morgan fingerprint density at radius 1 is 1.35 bits per heavy atom. The van der Waals surface area contributed by atoms with Crippen LogP contribution in [-0.2, 0) is 20.2 Å². The summed E-state index contributed by atoms with van der Waals surface area (Å²) in [7, 11) is -3.64. The first-order valence-corrected chi connectivity index (χ1v) is 9.14. The van der Waals surface area contributed by atoms with Gasteiger partial charge in [-0.15, -0.1) is 0 Å². The Labute approximate surface area is 136 Å². The maximum Gasteiger partial charge on any atom is 0.243 e. The summed E-state index contributed by atoms with van der Waals surface area (Å²) in [6, 6.07) is 4.97. The molecule has 126 valence electrons. The van der Waals surface area contributed by atoms with Crippen LogP contribution in [0.4, 0.5) is 0 Å². The van der Waals surface area contributed by atoms with Gasteiger partial charge in [0.15, 0.2) is 0 Å². The second-order valence-corrected chi connectivity index (χ2v) is 9.08. The van der Waals surface area contributed by atoms with Crippen LogP contribution in [0.15, 0.2) is 23.1 Å². The SMILES string of the molecule is CC1CN(S(=O)(=O)c2ccc3c(c2)C(C)(C)CO3)CC1C(N)=O. The molecule has 2 aliphatic rings. The molecule has 1 aromatic carbocycles. The zero-order chi connectivity index (χ0) is 17.0. The average Bonchev–Trinajstić information content (AvgIpc) is 3.00. The molecule has 7 heteroatoms. The van der Waals surface area contributed by atoms with Crippen molar-refractivity contribution in [1.82, 2.24) is 4.31 Å². The minimum absolute atomic E-state index is 0.0727. The largest absolute Gasteiger partial charge is 0.492 e. The van der Waals surface area contributed by atoms with Gasteiger partial charge in [-0.05, 0) is 24.1 Å². The zero-order valence-corrected chi connectivity index (χ0v) is 14.4. The van der Waals surface area contributed by atoms with E-state index in [2.05, 4.69) is 0 Å². The number of carbonyl (C=O) groups excluding carboxylic acids is 1. The Kier molecular flexibility index (Phi) is 3.68. The third-order valence-electron chi connectivity index (χ3n) is 4.85. The number of benzene rings is 1. The van der Waals surface area contributed by atoms with E-state index in [4.69, 9.17) is 10.5 Å². The van der Waals surface area contributed by atoms with Gasteiger partial charge in [0.05, 0.1) is 17.4 Å². The monoisotopic (exact) mass is 338 g/mol. The van der Waals surface area contributed by atoms with E-state index >= 15 is 0 Å². The highest BCUT2D eigenvalue weighted by atomic mass is 32.2. The molecule has 1 amide bonds. The lowest BCUT2D eigenvalue weighted by Crippen LogP contribution is -2.32. The van der Waals surface area contributed by atoms with Crippen LogP contribution in [0.2, 0.25) is 0 Å². The molecule has 2 N–H and O–H groups in total. The van der Waals surface area contributed by atoms with Crippen LogP contribution >= 0.6 is 0 Å². The third-order valence-corrected chi connectivity index (χ3v) is 6.68. The van der Waals surface area contributed by atoms with Gasteiger partial charge in [0, 0.05) is 24.1 Å². The van der Waals surface area contributed by atoms with E-state index in [0.29, 0.717) is 13.2 Å². The lowest BCUT2D eigenvalue weighted by molar-refractivity contribution is -0.122. The molecule has 2 atom stereocenters. The van der Waals surface area contributed by atoms with Gasteiger partial charge < -0.3 is 10.5 Å². The summed E-state index contributed by atoms with van der Waals surface area (Å²) in [5.41, 5.74) is 6.05. The van der Waals surface area contributed by atoms with E-state index in [1.165, 1.54) is 4.31 Å². The van der Waals surface area contributed by atoms with Crippen LogP contribution in [-0.4, -0.2) is 38.3 Å². The Hall–Kier alpha value is -1.60. The van der Waals surface area contributed by atoms with Gasteiger partial charge in [-0.1, -0.05) is 20.8 Å². The molecule has 23 heavy (non-hydrogen) atoms. The number of fused-ring (bicyclic) bond motifs is 1. The molecule has 2 aliphatic heterocycles. The van der Waals surface area contributed by atoms with Crippen molar-refractivity contribution in [2.24, 2.45) is 17.6 Å². The van der Waals surface area contributed by atoms with Gasteiger partial charge in [-0.25, -0.2) is 8.42 Å². The van der Waals surface area contributed by atoms with Crippen LogP contribution in [0.25, 0.3) is 0 Å². The van der Waals surface area contributed by atoms with E-state index in [1.807, 2.05) is 20.8 Å². The first-order chi connectivity index (χ1) is 10.6. The summed E-state index contributed by atoms with van der Waals surface area (Å²) in [5, 5.41) is 0. The number of nitrogens with zero attached hydrogens (tertiary/aromatic N) is 1. The van der Waals surface area contributed by atoms with E-state index < -0.39 is 21.8 Å². The fourth-order valence-corrected chi connectivity index (χ4v) is 4.89. The number of hydrogen-bond donors (Lipinski definition) is 1. The maximum absolute atomic E-state index is 12.9. The highest BCUT2D eigenvalue weighted by Gasteiger charge is 2.41. The average molecular weight is 338 g/mol. The highest BCUT2D eigenvalue weighted by Crippen LogP contribution is 2.40. The van der Waals surface area contributed by atoms with E-state index in [0.717, 1.165) is 11.3 Å². The van der Waals surface area contributed by atoms with Crippen molar-refractivity contribution < 1.29 is 17.9 Å². The normalized spacial score (nSPS) is 26.7. The van der Waals surface area contributed by atoms with Gasteiger partial charge in [-0.2, -0.15) is 4.31 Å². The minimum Gasteiger partial charge on any atom is -0.492 e. The molecule has 3 rings (SSSR count).